The maximum Gasteiger partial charge on any atom is 0.310 e. The normalized spacial score (nSPS) is 35.7. The molecule has 0 aromatic heterocycles. The number of likely N-dealkylation sites (N-methyl/N-ethyl adjacent to an activating group) is 1. The lowest BCUT2D eigenvalue weighted by Crippen LogP contribution is -2.49. The van der Waals surface area contributed by atoms with E-state index < -0.39 is 6.10 Å². The number of benzene rings is 1. The first-order chi connectivity index (χ1) is 10.1. The molecule has 1 N–H and O–H groups in total. The highest BCUT2D eigenvalue weighted by Gasteiger charge is 2.52. The Bertz CT molecular complexity index is 504. The van der Waals surface area contributed by atoms with Crippen molar-refractivity contribution in [1.29, 1.82) is 0 Å². The lowest BCUT2D eigenvalue weighted by Gasteiger charge is -2.41. The molecule has 2 aliphatic heterocycles. The number of esters is 1. The maximum atomic E-state index is 12.2. The highest BCUT2D eigenvalue weighted by Crippen LogP contribution is 2.45. The van der Waals surface area contributed by atoms with Gasteiger partial charge >= 0.3 is 5.97 Å². The van der Waals surface area contributed by atoms with E-state index in [-0.39, 0.29) is 29.9 Å². The summed E-state index contributed by atoms with van der Waals surface area (Å²) < 4.78 is 5.21. The second-order valence-corrected chi connectivity index (χ2v) is 6.14. The number of hydrogen-bond donors (Lipinski definition) is 1. The summed E-state index contributed by atoms with van der Waals surface area (Å²) in [5.41, 5.74) is 1.16. The van der Waals surface area contributed by atoms with E-state index in [1.807, 2.05) is 32.2 Å². The molecule has 5 atom stereocenters. The molecule has 2 saturated heterocycles. The number of rotatable bonds is 3. The van der Waals surface area contributed by atoms with Crippen LogP contribution in [-0.2, 0) is 9.53 Å². The monoisotopic (exact) mass is 289 g/mol. The quantitative estimate of drug-likeness (QED) is 0.862. The summed E-state index contributed by atoms with van der Waals surface area (Å²) >= 11 is 0. The Balaban J connectivity index is 1.84. The van der Waals surface area contributed by atoms with Crippen LogP contribution in [0.2, 0.25) is 0 Å². The van der Waals surface area contributed by atoms with Gasteiger partial charge in [0.25, 0.3) is 0 Å². The van der Waals surface area contributed by atoms with E-state index in [0.29, 0.717) is 13.0 Å². The Morgan fingerprint density at radius 1 is 1.29 bits per heavy atom. The third-order valence-corrected chi connectivity index (χ3v) is 5.13. The van der Waals surface area contributed by atoms with Crippen molar-refractivity contribution < 1.29 is 14.6 Å². The van der Waals surface area contributed by atoms with Gasteiger partial charge in [0.1, 0.15) is 0 Å². The average Bonchev–Trinajstić information content (AvgIpc) is 2.72. The Morgan fingerprint density at radius 2 is 2.00 bits per heavy atom. The Morgan fingerprint density at radius 3 is 2.67 bits per heavy atom. The molecule has 2 fully saturated rings. The SMILES string of the molecule is CCOC(=O)[C@H]1C[C@@H]2[C@@H](O)[C@@H](c3ccccc3)C[C@H]1N2C. The van der Waals surface area contributed by atoms with E-state index >= 15 is 0 Å². The van der Waals surface area contributed by atoms with E-state index in [2.05, 4.69) is 17.0 Å². The minimum absolute atomic E-state index is 0.0448. The molecule has 0 radical (unpaired) electrons. The fourth-order valence-corrected chi connectivity index (χ4v) is 4.03. The predicted octanol–water partition coefficient (Wildman–Crippen LogP) is 1.79. The Kier molecular flexibility index (Phi) is 4.00. The van der Waals surface area contributed by atoms with Crippen LogP contribution in [0.4, 0.5) is 0 Å². The van der Waals surface area contributed by atoms with Crippen molar-refractivity contribution in [2.45, 2.75) is 43.9 Å². The van der Waals surface area contributed by atoms with Crippen molar-refractivity contribution in [3.63, 3.8) is 0 Å². The molecule has 2 bridgehead atoms. The zero-order valence-corrected chi connectivity index (χ0v) is 12.6. The molecule has 0 spiro atoms. The van der Waals surface area contributed by atoms with Crippen LogP contribution in [-0.4, -0.2) is 47.8 Å². The van der Waals surface area contributed by atoms with Crippen LogP contribution < -0.4 is 0 Å². The van der Waals surface area contributed by atoms with E-state index in [1.54, 1.807) is 0 Å². The van der Waals surface area contributed by atoms with Gasteiger partial charge in [-0.3, -0.25) is 9.69 Å². The third-order valence-electron chi connectivity index (χ3n) is 5.13. The largest absolute Gasteiger partial charge is 0.466 e. The van der Waals surface area contributed by atoms with E-state index in [9.17, 15) is 9.90 Å². The number of hydrogen-bond acceptors (Lipinski definition) is 4. The van der Waals surface area contributed by atoms with Crippen LogP contribution in [0.5, 0.6) is 0 Å². The molecular weight excluding hydrogens is 266 g/mol. The van der Waals surface area contributed by atoms with Gasteiger partial charge < -0.3 is 9.84 Å². The first-order valence-corrected chi connectivity index (χ1v) is 7.75. The Hall–Kier alpha value is -1.39. The zero-order valence-electron chi connectivity index (χ0n) is 12.6. The molecule has 21 heavy (non-hydrogen) atoms. The number of aliphatic hydroxyl groups is 1. The lowest BCUT2D eigenvalue weighted by molar-refractivity contribution is -0.148. The summed E-state index contributed by atoms with van der Waals surface area (Å²) in [6, 6.07) is 10.3. The summed E-state index contributed by atoms with van der Waals surface area (Å²) in [5, 5.41) is 10.7. The van der Waals surface area contributed by atoms with Crippen molar-refractivity contribution in [3.05, 3.63) is 35.9 Å². The highest BCUT2D eigenvalue weighted by atomic mass is 16.5. The van der Waals surface area contributed by atoms with Gasteiger partial charge in [-0.2, -0.15) is 0 Å². The van der Waals surface area contributed by atoms with E-state index in [1.165, 1.54) is 0 Å². The van der Waals surface area contributed by atoms with Crippen LogP contribution in [0.25, 0.3) is 0 Å². The number of piperidine rings is 1. The van der Waals surface area contributed by atoms with Crippen LogP contribution in [0.15, 0.2) is 30.3 Å². The van der Waals surface area contributed by atoms with Gasteiger partial charge in [-0.1, -0.05) is 30.3 Å². The standard InChI is InChI=1S/C17H23NO3/c1-3-21-17(20)13-10-15-16(19)12(9-14(13)18(15)2)11-7-5-4-6-8-11/h4-8,12-16,19H,3,9-10H2,1-2H3/t12-,13+,14-,15-,16+/m1/s1. The minimum Gasteiger partial charge on any atom is -0.466 e. The second kappa shape index (κ2) is 5.78. The molecule has 1 aromatic carbocycles. The topological polar surface area (TPSA) is 49.8 Å². The molecule has 4 nitrogen and oxygen atoms in total. The number of ether oxygens (including phenoxy) is 1. The minimum atomic E-state index is -0.423. The first-order valence-electron chi connectivity index (χ1n) is 7.75. The number of fused-ring (bicyclic) bond motifs is 2. The van der Waals surface area contributed by atoms with E-state index in [0.717, 1.165) is 12.0 Å². The van der Waals surface area contributed by atoms with Gasteiger partial charge in [0, 0.05) is 18.0 Å². The van der Waals surface area contributed by atoms with Gasteiger partial charge in [0.05, 0.1) is 18.6 Å². The molecule has 0 aliphatic carbocycles. The molecule has 4 heteroatoms. The van der Waals surface area contributed by atoms with Gasteiger partial charge in [-0.05, 0) is 32.4 Å². The summed E-state index contributed by atoms with van der Waals surface area (Å²) in [6.45, 7) is 2.26. The second-order valence-electron chi connectivity index (χ2n) is 6.14. The van der Waals surface area contributed by atoms with Gasteiger partial charge in [0.15, 0.2) is 0 Å². The summed E-state index contributed by atoms with van der Waals surface area (Å²) in [5.74, 6) is -0.113. The van der Waals surface area contributed by atoms with Gasteiger partial charge in [-0.25, -0.2) is 0 Å². The molecule has 2 aliphatic rings. The molecular formula is C17H23NO3. The molecule has 0 saturated carbocycles. The fourth-order valence-electron chi connectivity index (χ4n) is 4.03. The molecule has 1 aromatic rings. The number of carbonyl (C=O) groups excluding carboxylic acids is 1. The first kappa shape index (κ1) is 14.5. The van der Waals surface area contributed by atoms with E-state index in [4.69, 9.17) is 4.74 Å². The van der Waals surface area contributed by atoms with Crippen molar-refractivity contribution in [1.82, 2.24) is 4.90 Å². The summed E-state index contributed by atoms with van der Waals surface area (Å²) in [4.78, 5) is 14.3. The predicted molar refractivity (Wildman–Crippen MR) is 79.9 cm³/mol. The Labute approximate surface area is 125 Å². The van der Waals surface area contributed by atoms with Gasteiger partial charge in [-0.15, -0.1) is 0 Å². The molecule has 0 unspecified atom stereocenters. The number of nitrogens with zero attached hydrogens (tertiary/aromatic N) is 1. The lowest BCUT2D eigenvalue weighted by atomic mass is 9.82. The van der Waals surface area contributed by atoms with Gasteiger partial charge in [0.2, 0.25) is 0 Å². The van der Waals surface area contributed by atoms with Crippen molar-refractivity contribution in [3.8, 4) is 0 Å². The molecule has 3 rings (SSSR count). The molecule has 2 heterocycles. The van der Waals surface area contributed by atoms with Crippen LogP contribution in [0.1, 0.15) is 31.2 Å². The fraction of sp³-hybridized carbons (Fsp3) is 0.588. The molecule has 0 amide bonds. The van der Waals surface area contributed by atoms with Crippen molar-refractivity contribution in [2.75, 3.05) is 13.7 Å². The van der Waals surface area contributed by atoms with Crippen LogP contribution >= 0.6 is 0 Å². The maximum absolute atomic E-state index is 12.2. The number of carbonyl (C=O) groups is 1. The smallest absolute Gasteiger partial charge is 0.310 e. The van der Waals surface area contributed by atoms with Crippen LogP contribution in [0.3, 0.4) is 0 Å². The van der Waals surface area contributed by atoms with Crippen molar-refractivity contribution in [2.24, 2.45) is 5.92 Å². The number of aliphatic hydroxyl groups excluding tert-OH is 1. The summed E-state index contributed by atoms with van der Waals surface area (Å²) in [7, 11) is 2.01. The zero-order chi connectivity index (χ0) is 15.0. The third kappa shape index (κ3) is 2.47. The highest BCUT2D eigenvalue weighted by molar-refractivity contribution is 5.74. The molecule has 114 valence electrons. The summed E-state index contributed by atoms with van der Waals surface area (Å²) in [6.07, 6.45) is 1.08. The average molecular weight is 289 g/mol. The van der Waals surface area contributed by atoms with Crippen molar-refractivity contribution >= 4 is 5.97 Å². The van der Waals surface area contributed by atoms with Crippen LogP contribution in [0, 0.1) is 5.92 Å².